The lowest BCUT2D eigenvalue weighted by Crippen LogP contribution is -2.37. The number of rotatable bonds is 7. The minimum atomic E-state index is 0.228. The summed E-state index contributed by atoms with van der Waals surface area (Å²) in [5.41, 5.74) is 9.61. The third-order valence-electron chi connectivity index (χ3n) is 10.1. The number of para-hydroxylation sites is 2. The predicted molar refractivity (Wildman–Crippen MR) is 224 cm³/mol. The van der Waals surface area contributed by atoms with Gasteiger partial charge in [0.2, 0.25) is 0 Å². The van der Waals surface area contributed by atoms with Crippen molar-refractivity contribution in [1.82, 2.24) is 9.13 Å². The maximum Gasteiger partial charge on any atom is 0.138 e. The van der Waals surface area contributed by atoms with Crippen LogP contribution < -0.4 is 4.90 Å². The summed E-state index contributed by atoms with van der Waals surface area (Å²) in [7, 11) is 0. The Bertz CT molecular complexity index is 2830. The average Bonchev–Trinajstić information content (AvgIpc) is 3.71. The lowest BCUT2D eigenvalue weighted by Gasteiger charge is -2.26. The summed E-state index contributed by atoms with van der Waals surface area (Å²) in [4.78, 5) is 1.69. The molecule has 0 saturated heterocycles. The second-order valence-corrected chi connectivity index (χ2v) is 13.1. The molecule has 9 rings (SSSR count). The van der Waals surface area contributed by atoms with Crippen molar-refractivity contribution < 1.29 is 0 Å². The zero-order valence-electron chi connectivity index (χ0n) is 29.0. The van der Waals surface area contributed by atoms with Crippen LogP contribution in [-0.2, 0) is 0 Å². The highest BCUT2D eigenvalue weighted by molar-refractivity contribution is 6.27. The fourth-order valence-electron chi connectivity index (χ4n) is 7.66. The molecule has 0 aliphatic heterocycles. The number of anilines is 1. The van der Waals surface area contributed by atoms with E-state index in [0.29, 0.717) is 0 Å². The van der Waals surface area contributed by atoms with Crippen molar-refractivity contribution >= 4 is 73.0 Å². The highest BCUT2D eigenvalue weighted by Crippen LogP contribution is 2.39. The Labute approximate surface area is 307 Å². The van der Waals surface area contributed by atoms with Gasteiger partial charge in [0.1, 0.15) is 11.7 Å². The summed E-state index contributed by atoms with van der Waals surface area (Å²) in [6, 6.07) is 55.5. The Kier molecular flexibility index (Phi) is 7.67. The van der Waals surface area contributed by atoms with E-state index in [1.165, 1.54) is 16.3 Å². The van der Waals surface area contributed by atoms with Gasteiger partial charge in [0.05, 0.1) is 22.2 Å². The third-order valence-corrected chi connectivity index (χ3v) is 10.1. The average molecular weight is 682 g/mol. The molecule has 0 spiro atoms. The Balaban J connectivity index is 1.21. The Morgan fingerprint density at radius 1 is 0.472 bits per heavy atom. The highest BCUT2D eigenvalue weighted by atomic mass is 15.2. The maximum absolute atomic E-state index is 9.21. The molecule has 53 heavy (non-hydrogen) atoms. The molecule has 0 aliphatic carbocycles. The van der Waals surface area contributed by atoms with Crippen molar-refractivity contribution in [2.75, 3.05) is 4.90 Å². The Morgan fingerprint density at radius 3 is 1.57 bits per heavy atom. The quantitative estimate of drug-likeness (QED) is 0.128. The van der Waals surface area contributed by atoms with E-state index < -0.39 is 0 Å². The summed E-state index contributed by atoms with van der Waals surface area (Å²) < 4.78 is 4.58. The van der Waals surface area contributed by atoms with Gasteiger partial charge in [-0.15, -0.1) is 0 Å². The third kappa shape index (κ3) is 5.17. The van der Waals surface area contributed by atoms with Crippen molar-refractivity contribution in [3.05, 3.63) is 199 Å². The van der Waals surface area contributed by atoms with Gasteiger partial charge in [0.25, 0.3) is 0 Å². The maximum atomic E-state index is 9.21. The molecule has 2 aromatic heterocycles. The van der Waals surface area contributed by atoms with E-state index in [-0.39, 0.29) is 11.7 Å². The van der Waals surface area contributed by atoms with Crippen molar-refractivity contribution in [1.29, 1.82) is 10.8 Å². The molecule has 0 bridgehead atoms. The molecule has 2 N–H and O–H groups in total. The van der Waals surface area contributed by atoms with Crippen LogP contribution >= 0.6 is 0 Å². The van der Waals surface area contributed by atoms with Crippen LogP contribution in [0.4, 0.5) is 5.69 Å². The van der Waals surface area contributed by atoms with E-state index in [9.17, 15) is 10.8 Å². The summed E-state index contributed by atoms with van der Waals surface area (Å²) >= 11 is 0. The lowest BCUT2D eigenvalue weighted by molar-refractivity contribution is 1.11. The van der Waals surface area contributed by atoms with Gasteiger partial charge in [0, 0.05) is 49.9 Å². The second kappa shape index (κ2) is 12.8. The van der Waals surface area contributed by atoms with Crippen LogP contribution in [0.25, 0.3) is 67.0 Å². The van der Waals surface area contributed by atoms with Crippen LogP contribution in [0.5, 0.6) is 0 Å². The smallest absolute Gasteiger partial charge is 0.138 e. The van der Waals surface area contributed by atoms with E-state index in [4.69, 9.17) is 0 Å². The molecule has 5 nitrogen and oxygen atoms in total. The van der Waals surface area contributed by atoms with E-state index in [1.54, 1.807) is 4.90 Å². The highest BCUT2D eigenvalue weighted by Gasteiger charge is 2.22. The van der Waals surface area contributed by atoms with E-state index >= 15 is 0 Å². The number of amidine groups is 2. The largest absolute Gasteiger partial charge is 0.309 e. The molecule has 0 atom stereocenters. The number of fused-ring (bicyclic) bond motifs is 5. The van der Waals surface area contributed by atoms with Crippen LogP contribution in [0, 0.1) is 10.8 Å². The van der Waals surface area contributed by atoms with Gasteiger partial charge >= 0.3 is 0 Å². The van der Waals surface area contributed by atoms with Crippen molar-refractivity contribution in [3.8, 4) is 11.4 Å². The molecule has 5 heteroatoms. The minimum absolute atomic E-state index is 0.228. The molecule has 252 valence electrons. The second-order valence-electron chi connectivity index (χ2n) is 13.1. The first-order chi connectivity index (χ1) is 26.1. The van der Waals surface area contributed by atoms with Gasteiger partial charge in [-0.3, -0.25) is 15.7 Å². The zero-order valence-corrected chi connectivity index (χ0v) is 29.0. The number of benzene rings is 7. The SMILES string of the molecule is C=Cc1c(C=C)n(-c2ccc(N(C(=N)c3ccccc3)C(=N)c3ccccc3)cc2)c2cc3cc4c5ccccc5n(-c5ccccc5)c4cc3cc12. The van der Waals surface area contributed by atoms with Gasteiger partial charge in [-0.05, 0) is 83.6 Å². The number of nitrogens with zero attached hydrogens (tertiary/aromatic N) is 3. The van der Waals surface area contributed by atoms with Crippen LogP contribution in [-0.4, -0.2) is 20.8 Å². The topological polar surface area (TPSA) is 60.8 Å². The molecule has 2 heterocycles. The summed E-state index contributed by atoms with van der Waals surface area (Å²) in [6.45, 7) is 8.45. The molecule has 0 saturated carbocycles. The van der Waals surface area contributed by atoms with E-state index in [0.717, 1.165) is 66.6 Å². The van der Waals surface area contributed by atoms with Crippen molar-refractivity contribution in [2.24, 2.45) is 0 Å². The van der Waals surface area contributed by atoms with Gasteiger partial charge < -0.3 is 9.13 Å². The van der Waals surface area contributed by atoms with Gasteiger partial charge in [-0.1, -0.05) is 116 Å². The van der Waals surface area contributed by atoms with Gasteiger partial charge in [-0.25, -0.2) is 0 Å². The fourth-order valence-corrected chi connectivity index (χ4v) is 7.66. The normalized spacial score (nSPS) is 11.3. The first-order valence-electron chi connectivity index (χ1n) is 17.6. The molecule has 7 aromatic carbocycles. The lowest BCUT2D eigenvalue weighted by atomic mass is 10.0. The van der Waals surface area contributed by atoms with E-state index in [2.05, 4.69) is 113 Å². The fraction of sp³-hybridized carbons (Fsp3) is 0. The molecular weight excluding hydrogens is 647 g/mol. The molecule has 0 radical (unpaired) electrons. The molecule has 0 aliphatic rings. The number of hydrogen-bond acceptors (Lipinski definition) is 2. The van der Waals surface area contributed by atoms with Crippen LogP contribution in [0.15, 0.2) is 177 Å². The number of aromatic nitrogens is 2. The Morgan fingerprint density at radius 2 is 0.981 bits per heavy atom. The minimum Gasteiger partial charge on any atom is -0.309 e. The van der Waals surface area contributed by atoms with Crippen LogP contribution in [0.2, 0.25) is 0 Å². The number of nitrogens with one attached hydrogen (secondary N) is 2. The predicted octanol–water partition coefficient (Wildman–Crippen LogP) is 12.0. The molecule has 9 aromatic rings. The zero-order chi connectivity index (χ0) is 36.1. The summed E-state index contributed by atoms with van der Waals surface area (Å²) in [6.07, 6.45) is 3.81. The first-order valence-corrected chi connectivity index (χ1v) is 17.6. The van der Waals surface area contributed by atoms with Gasteiger partial charge in [0.15, 0.2) is 0 Å². The monoisotopic (exact) mass is 681 g/mol. The molecular formula is C48H35N5. The standard InChI is InChI=1S/C48H35N5/c1-3-39-41-28-34-31-46-42(40-22-14-15-23-44(40)52(46)36-20-12-7-13-21-36)29-35(34)30-45(41)51(43(39)4-2)37-24-26-38(27-25-37)53(47(49)32-16-8-5-9-17-32)48(50)33-18-10-6-11-19-33/h3-31,49-50H,1-2H2. The van der Waals surface area contributed by atoms with Crippen molar-refractivity contribution in [2.45, 2.75) is 0 Å². The summed E-state index contributed by atoms with van der Waals surface area (Å²) in [5.74, 6) is 0.455. The first kappa shape index (κ1) is 31.7. The van der Waals surface area contributed by atoms with Gasteiger partial charge in [-0.2, -0.15) is 0 Å². The summed E-state index contributed by atoms with van der Waals surface area (Å²) in [5, 5.41) is 24.2. The van der Waals surface area contributed by atoms with Crippen molar-refractivity contribution in [3.63, 3.8) is 0 Å². The van der Waals surface area contributed by atoms with Crippen LogP contribution in [0.3, 0.4) is 0 Å². The molecule has 0 amide bonds. The Hall–Kier alpha value is -7.24. The van der Waals surface area contributed by atoms with E-state index in [1.807, 2.05) is 84.9 Å². The molecule has 0 unspecified atom stereocenters. The number of hydrogen-bond donors (Lipinski definition) is 2. The van der Waals surface area contributed by atoms with Crippen LogP contribution in [0.1, 0.15) is 22.4 Å². The molecule has 0 fully saturated rings.